The molecule has 88 valence electrons. The number of halogens is 1. The van der Waals surface area contributed by atoms with Gasteiger partial charge in [-0.25, -0.2) is 0 Å². The van der Waals surface area contributed by atoms with E-state index in [2.05, 4.69) is 21.2 Å². The Morgan fingerprint density at radius 2 is 1.94 bits per heavy atom. The maximum absolute atomic E-state index is 11.7. The summed E-state index contributed by atoms with van der Waals surface area (Å²) in [6.07, 6.45) is 1.30. The SMILES string of the molecule is O=C(CCc1ccc(Br)s1)Nc1ccccc1. The lowest BCUT2D eigenvalue weighted by molar-refractivity contribution is -0.116. The number of anilines is 1. The van der Waals surface area contributed by atoms with E-state index in [0.717, 1.165) is 15.9 Å². The monoisotopic (exact) mass is 309 g/mol. The van der Waals surface area contributed by atoms with Crippen molar-refractivity contribution in [3.63, 3.8) is 0 Å². The van der Waals surface area contributed by atoms with E-state index in [4.69, 9.17) is 0 Å². The van der Waals surface area contributed by atoms with Crippen LogP contribution in [0.4, 0.5) is 5.69 Å². The van der Waals surface area contributed by atoms with Gasteiger partial charge in [0.15, 0.2) is 0 Å². The van der Waals surface area contributed by atoms with Gasteiger partial charge in [0, 0.05) is 17.0 Å². The van der Waals surface area contributed by atoms with E-state index in [9.17, 15) is 4.79 Å². The molecular weight excluding hydrogens is 298 g/mol. The van der Waals surface area contributed by atoms with Crippen LogP contribution in [-0.4, -0.2) is 5.91 Å². The number of para-hydroxylation sites is 1. The van der Waals surface area contributed by atoms with Gasteiger partial charge >= 0.3 is 0 Å². The molecule has 2 rings (SSSR count). The molecule has 1 amide bonds. The third-order valence-electron chi connectivity index (χ3n) is 2.28. The molecule has 1 aromatic heterocycles. The summed E-state index contributed by atoms with van der Waals surface area (Å²) in [7, 11) is 0. The van der Waals surface area contributed by atoms with Crippen LogP contribution in [0.1, 0.15) is 11.3 Å². The first kappa shape index (κ1) is 12.3. The first-order chi connectivity index (χ1) is 8.24. The molecule has 17 heavy (non-hydrogen) atoms. The second kappa shape index (κ2) is 5.98. The number of nitrogens with one attached hydrogen (secondary N) is 1. The Kier molecular flexibility index (Phi) is 4.34. The molecule has 1 aromatic carbocycles. The van der Waals surface area contributed by atoms with Crippen LogP contribution < -0.4 is 5.32 Å². The zero-order valence-corrected chi connectivity index (χ0v) is 11.6. The van der Waals surface area contributed by atoms with Gasteiger partial charge in [-0.3, -0.25) is 4.79 Å². The average Bonchev–Trinajstić information content (AvgIpc) is 2.74. The highest BCUT2D eigenvalue weighted by Crippen LogP contribution is 2.23. The van der Waals surface area contributed by atoms with Gasteiger partial charge in [-0.05, 0) is 46.6 Å². The van der Waals surface area contributed by atoms with Gasteiger partial charge in [-0.1, -0.05) is 18.2 Å². The highest BCUT2D eigenvalue weighted by molar-refractivity contribution is 9.11. The molecule has 0 unspecified atom stereocenters. The summed E-state index contributed by atoms with van der Waals surface area (Å²) in [6.45, 7) is 0. The molecule has 0 fully saturated rings. The topological polar surface area (TPSA) is 29.1 Å². The van der Waals surface area contributed by atoms with Crippen molar-refractivity contribution in [2.75, 3.05) is 5.32 Å². The van der Waals surface area contributed by atoms with Crippen LogP contribution in [0.25, 0.3) is 0 Å². The number of carbonyl (C=O) groups excluding carboxylic acids is 1. The standard InChI is InChI=1S/C13H12BrNOS/c14-12-8-6-11(17-12)7-9-13(16)15-10-4-2-1-3-5-10/h1-6,8H,7,9H2,(H,15,16). The van der Waals surface area contributed by atoms with E-state index < -0.39 is 0 Å². The van der Waals surface area contributed by atoms with Gasteiger partial charge in [0.05, 0.1) is 3.79 Å². The van der Waals surface area contributed by atoms with E-state index in [0.29, 0.717) is 6.42 Å². The van der Waals surface area contributed by atoms with Gasteiger partial charge in [-0.15, -0.1) is 11.3 Å². The van der Waals surface area contributed by atoms with Crippen molar-refractivity contribution < 1.29 is 4.79 Å². The number of benzene rings is 1. The van der Waals surface area contributed by atoms with Crippen molar-refractivity contribution in [2.24, 2.45) is 0 Å². The number of thiophene rings is 1. The fraction of sp³-hybridized carbons (Fsp3) is 0.154. The van der Waals surface area contributed by atoms with Gasteiger partial charge in [0.25, 0.3) is 0 Å². The molecule has 1 heterocycles. The molecule has 0 aliphatic rings. The lowest BCUT2D eigenvalue weighted by atomic mass is 10.2. The van der Waals surface area contributed by atoms with E-state index >= 15 is 0 Å². The Labute approximate surface area is 113 Å². The van der Waals surface area contributed by atoms with Crippen LogP contribution >= 0.6 is 27.3 Å². The Balaban J connectivity index is 1.82. The van der Waals surface area contributed by atoms with E-state index in [1.54, 1.807) is 11.3 Å². The lowest BCUT2D eigenvalue weighted by Crippen LogP contribution is -2.11. The number of rotatable bonds is 4. The molecule has 4 heteroatoms. The summed E-state index contributed by atoms with van der Waals surface area (Å²) in [5, 5.41) is 2.87. The Morgan fingerprint density at radius 1 is 1.18 bits per heavy atom. The second-order valence-electron chi connectivity index (χ2n) is 3.62. The van der Waals surface area contributed by atoms with E-state index in [1.807, 2.05) is 42.5 Å². The molecule has 0 saturated heterocycles. The second-order valence-corrected chi connectivity index (χ2v) is 6.17. The van der Waals surface area contributed by atoms with Crippen LogP contribution in [0.3, 0.4) is 0 Å². The van der Waals surface area contributed by atoms with Crippen LogP contribution in [0.5, 0.6) is 0 Å². The van der Waals surface area contributed by atoms with Crippen molar-refractivity contribution >= 4 is 38.9 Å². The Morgan fingerprint density at radius 3 is 2.59 bits per heavy atom. The zero-order valence-electron chi connectivity index (χ0n) is 9.15. The average molecular weight is 310 g/mol. The van der Waals surface area contributed by atoms with E-state index in [-0.39, 0.29) is 5.91 Å². The fourth-order valence-corrected chi connectivity index (χ4v) is 2.95. The third-order valence-corrected chi connectivity index (χ3v) is 3.97. The maximum atomic E-state index is 11.7. The molecule has 1 N–H and O–H groups in total. The quantitative estimate of drug-likeness (QED) is 0.906. The van der Waals surface area contributed by atoms with Gasteiger partial charge in [0.1, 0.15) is 0 Å². The molecule has 2 aromatic rings. The van der Waals surface area contributed by atoms with Crippen LogP contribution in [0, 0.1) is 0 Å². The Bertz CT molecular complexity index is 495. The van der Waals surface area contributed by atoms with Crippen LogP contribution in [-0.2, 0) is 11.2 Å². The summed E-state index contributed by atoms with van der Waals surface area (Å²) in [6, 6.07) is 13.6. The summed E-state index contributed by atoms with van der Waals surface area (Å²) >= 11 is 5.08. The van der Waals surface area contributed by atoms with Crippen molar-refractivity contribution in [3.05, 3.63) is 51.1 Å². The lowest BCUT2D eigenvalue weighted by Gasteiger charge is -2.03. The summed E-state index contributed by atoms with van der Waals surface area (Å²) < 4.78 is 1.11. The van der Waals surface area contributed by atoms with Crippen LogP contribution in [0.15, 0.2) is 46.3 Å². The van der Waals surface area contributed by atoms with Gasteiger partial charge in [0.2, 0.25) is 5.91 Å². The maximum Gasteiger partial charge on any atom is 0.224 e. The van der Waals surface area contributed by atoms with Gasteiger partial charge in [-0.2, -0.15) is 0 Å². The molecule has 0 spiro atoms. The van der Waals surface area contributed by atoms with Crippen molar-refractivity contribution in [3.8, 4) is 0 Å². The predicted octanol–water partition coefficient (Wildman–Crippen LogP) is 4.08. The molecule has 0 aliphatic carbocycles. The number of hydrogen-bond acceptors (Lipinski definition) is 2. The molecule has 0 saturated carbocycles. The minimum absolute atomic E-state index is 0.0562. The number of amides is 1. The molecule has 0 aliphatic heterocycles. The molecular formula is C13H12BrNOS. The molecule has 0 atom stereocenters. The fourth-order valence-electron chi connectivity index (χ4n) is 1.47. The molecule has 2 nitrogen and oxygen atoms in total. The van der Waals surface area contributed by atoms with Crippen molar-refractivity contribution in [2.45, 2.75) is 12.8 Å². The summed E-state index contributed by atoms with van der Waals surface area (Å²) in [5.74, 6) is 0.0562. The minimum Gasteiger partial charge on any atom is -0.326 e. The predicted molar refractivity (Wildman–Crippen MR) is 75.4 cm³/mol. The van der Waals surface area contributed by atoms with Crippen molar-refractivity contribution in [1.29, 1.82) is 0 Å². The van der Waals surface area contributed by atoms with Crippen LogP contribution in [0.2, 0.25) is 0 Å². The summed E-state index contributed by atoms with van der Waals surface area (Å²) in [4.78, 5) is 12.9. The number of aryl methyl sites for hydroxylation is 1. The third kappa shape index (κ3) is 3.98. The normalized spacial score (nSPS) is 10.2. The highest BCUT2D eigenvalue weighted by atomic mass is 79.9. The number of carbonyl (C=O) groups is 1. The minimum atomic E-state index is 0.0562. The first-order valence-electron chi connectivity index (χ1n) is 5.33. The number of hydrogen-bond donors (Lipinski definition) is 1. The largest absolute Gasteiger partial charge is 0.326 e. The Hall–Kier alpha value is -1.13. The van der Waals surface area contributed by atoms with Gasteiger partial charge < -0.3 is 5.32 Å². The van der Waals surface area contributed by atoms with E-state index in [1.165, 1.54) is 4.88 Å². The first-order valence-corrected chi connectivity index (χ1v) is 6.94. The smallest absolute Gasteiger partial charge is 0.224 e. The summed E-state index contributed by atoms with van der Waals surface area (Å²) in [5.41, 5.74) is 0.852. The highest BCUT2D eigenvalue weighted by Gasteiger charge is 2.04. The molecule has 0 bridgehead atoms. The van der Waals surface area contributed by atoms with Crippen molar-refractivity contribution in [1.82, 2.24) is 0 Å². The molecule has 0 radical (unpaired) electrons. The zero-order chi connectivity index (χ0) is 12.1.